The fourth-order valence-corrected chi connectivity index (χ4v) is 2.59. The number of nitro groups is 1. The largest absolute Gasteiger partial charge is 0.391 e. The van der Waals surface area contributed by atoms with Crippen molar-refractivity contribution in [3.8, 4) is 0 Å². The molecule has 0 saturated carbocycles. The summed E-state index contributed by atoms with van der Waals surface area (Å²) in [7, 11) is 0.199. The molecule has 7 nitrogen and oxygen atoms in total. The van der Waals surface area contributed by atoms with Gasteiger partial charge in [0.2, 0.25) is 0 Å². The molecule has 112 valence electrons. The molecule has 0 aliphatic heterocycles. The molecule has 0 bridgehead atoms. The second-order valence-corrected chi connectivity index (χ2v) is 5.61. The Balaban J connectivity index is 2.43. The number of aliphatic hydroxyl groups excluding tert-OH is 1. The zero-order chi connectivity index (χ0) is 15.0. The quantitative estimate of drug-likeness (QED) is 0.386. The number of hydrogen-bond donors (Lipinski definition) is 2. The minimum absolute atomic E-state index is 0.0486. The van der Waals surface area contributed by atoms with Crippen LogP contribution < -0.4 is 5.32 Å². The maximum Gasteiger partial charge on any atom is 0.269 e. The van der Waals surface area contributed by atoms with E-state index in [1.165, 1.54) is 24.3 Å². The van der Waals surface area contributed by atoms with Crippen LogP contribution in [0.3, 0.4) is 0 Å². The molecular weight excluding hydrogens is 284 g/mol. The van der Waals surface area contributed by atoms with Gasteiger partial charge in [-0.05, 0) is 12.1 Å². The van der Waals surface area contributed by atoms with E-state index < -0.39 is 21.8 Å². The fourth-order valence-electron chi connectivity index (χ4n) is 1.49. The van der Waals surface area contributed by atoms with E-state index in [1.54, 1.807) is 7.11 Å². The molecule has 2 unspecified atom stereocenters. The highest BCUT2D eigenvalue weighted by atomic mass is 32.2. The van der Waals surface area contributed by atoms with Crippen LogP contribution in [0.15, 0.2) is 29.2 Å². The second kappa shape index (κ2) is 8.75. The first kappa shape index (κ1) is 16.7. The monoisotopic (exact) mass is 302 g/mol. The maximum absolute atomic E-state index is 12.0. The van der Waals surface area contributed by atoms with Crippen molar-refractivity contribution in [3.05, 3.63) is 34.4 Å². The summed E-state index contributed by atoms with van der Waals surface area (Å²) in [4.78, 5) is 10.5. The Labute approximate surface area is 119 Å². The summed E-state index contributed by atoms with van der Waals surface area (Å²) < 4.78 is 16.8. The summed E-state index contributed by atoms with van der Waals surface area (Å²) in [5.41, 5.74) is -0.0486. The van der Waals surface area contributed by atoms with Crippen LogP contribution in [0.4, 0.5) is 5.69 Å². The van der Waals surface area contributed by atoms with Gasteiger partial charge >= 0.3 is 0 Å². The summed E-state index contributed by atoms with van der Waals surface area (Å²) in [6.45, 7) is 1.47. The molecule has 0 spiro atoms. The van der Waals surface area contributed by atoms with Crippen molar-refractivity contribution in [3.63, 3.8) is 0 Å². The normalized spacial score (nSPS) is 13.9. The highest BCUT2D eigenvalue weighted by molar-refractivity contribution is 7.85. The van der Waals surface area contributed by atoms with Gasteiger partial charge in [0.15, 0.2) is 0 Å². The first-order chi connectivity index (χ1) is 9.54. The van der Waals surface area contributed by atoms with Gasteiger partial charge in [-0.25, -0.2) is 0 Å². The van der Waals surface area contributed by atoms with E-state index in [0.717, 1.165) is 0 Å². The van der Waals surface area contributed by atoms with Crippen LogP contribution in [0.25, 0.3) is 0 Å². The van der Waals surface area contributed by atoms with Gasteiger partial charge in [-0.2, -0.15) is 0 Å². The molecule has 1 aromatic rings. The van der Waals surface area contributed by atoms with Gasteiger partial charge in [0, 0.05) is 37.2 Å². The first-order valence-electron chi connectivity index (χ1n) is 6.05. The van der Waals surface area contributed by atoms with Crippen molar-refractivity contribution in [2.45, 2.75) is 11.0 Å². The first-order valence-corrected chi connectivity index (χ1v) is 7.37. The van der Waals surface area contributed by atoms with E-state index in [0.29, 0.717) is 24.6 Å². The Bertz CT molecular complexity index is 452. The van der Waals surface area contributed by atoms with E-state index in [2.05, 4.69) is 5.32 Å². The third kappa shape index (κ3) is 5.74. The van der Waals surface area contributed by atoms with Crippen LogP contribution in [0.1, 0.15) is 0 Å². The lowest BCUT2D eigenvalue weighted by Gasteiger charge is -2.11. The molecule has 0 aromatic heterocycles. The van der Waals surface area contributed by atoms with E-state index >= 15 is 0 Å². The Morgan fingerprint density at radius 2 is 2.10 bits per heavy atom. The predicted octanol–water partition coefficient (Wildman–Crippen LogP) is 0.299. The number of nitrogens with one attached hydrogen (secondary N) is 1. The molecule has 2 atom stereocenters. The van der Waals surface area contributed by atoms with Crippen LogP contribution in [0, 0.1) is 10.1 Å². The zero-order valence-electron chi connectivity index (χ0n) is 11.2. The number of aliphatic hydroxyl groups is 1. The molecule has 0 saturated heterocycles. The topological polar surface area (TPSA) is 102 Å². The van der Waals surface area contributed by atoms with Gasteiger partial charge in [0.25, 0.3) is 5.69 Å². The van der Waals surface area contributed by atoms with Crippen LogP contribution in [0.2, 0.25) is 0 Å². The molecule has 20 heavy (non-hydrogen) atoms. The number of nitro benzene ring substituents is 1. The van der Waals surface area contributed by atoms with Crippen molar-refractivity contribution in [1.29, 1.82) is 0 Å². The minimum atomic E-state index is -1.39. The van der Waals surface area contributed by atoms with Gasteiger partial charge in [0.1, 0.15) is 0 Å². The van der Waals surface area contributed by atoms with E-state index in [4.69, 9.17) is 4.74 Å². The Kier molecular flexibility index (Phi) is 7.31. The second-order valence-electron chi connectivity index (χ2n) is 4.11. The molecule has 0 amide bonds. The average molecular weight is 302 g/mol. The lowest BCUT2D eigenvalue weighted by atomic mass is 10.3. The molecule has 0 aliphatic carbocycles. The number of nitrogens with zero attached hydrogens (tertiary/aromatic N) is 1. The summed E-state index contributed by atoms with van der Waals surface area (Å²) in [5, 5.41) is 23.2. The van der Waals surface area contributed by atoms with Crippen molar-refractivity contribution in [1.82, 2.24) is 5.32 Å². The minimum Gasteiger partial charge on any atom is -0.391 e. The average Bonchev–Trinajstić information content (AvgIpc) is 2.43. The van der Waals surface area contributed by atoms with Crippen LogP contribution in [-0.2, 0) is 15.5 Å². The predicted molar refractivity (Wildman–Crippen MR) is 75.1 cm³/mol. The summed E-state index contributed by atoms with van der Waals surface area (Å²) in [6.07, 6.45) is -0.747. The van der Waals surface area contributed by atoms with Gasteiger partial charge in [0.05, 0.1) is 34.2 Å². The molecule has 1 aromatic carbocycles. The van der Waals surface area contributed by atoms with Gasteiger partial charge in [-0.1, -0.05) is 0 Å². The van der Waals surface area contributed by atoms with Crippen LogP contribution in [0.5, 0.6) is 0 Å². The summed E-state index contributed by atoms with van der Waals surface area (Å²) >= 11 is 0. The molecule has 0 heterocycles. The fraction of sp³-hybridized carbons (Fsp3) is 0.500. The Morgan fingerprint density at radius 1 is 1.45 bits per heavy atom. The highest BCUT2D eigenvalue weighted by Crippen LogP contribution is 2.15. The SMILES string of the molecule is COCCNCC(O)CS(=O)c1ccc([N+](=O)[O-])cc1. The van der Waals surface area contributed by atoms with Crippen molar-refractivity contribution in [2.24, 2.45) is 0 Å². The zero-order valence-corrected chi connectivity index (χ0v) is 12.0. The van der Waals surface area contributed by atoms with Crippen LogP contribution >= 0.6 is 0 Å². The van der Waals surface area contributed by atoms with Crippen molar-refractivity contribution in [2.75, 3.05) is 32.6 Å². The number of non-ortho nitro benzene ring substituents is 1. The molecule has 0 aliphatic rings. The van der Waals surface area contributed by atoms with Gasteiger partial charge in [-0.3, -0.25) is 14.3 Å². The number of hydrogen-bond acceptors (Lipinski definition) is 6. The lowest BCUT2D eigenvalue weighted by molar-refractivity contribution is -0.384. The molecule has 2 N–H and O–H groups in total. The Morgan fingerprint density at radius 3 is 2.65 bits per heavy atom. The highest BCUT2D eigenvalue weighted by Gasteiger charge is 2.12. The molecule has 0 radical (unpaired) electrons. The summed E-state index contributed by atoms with van der Waals surface area (Å²) in [6, 6.07) is 5.49. The van der Waals surface area contributed by atoms with Gasteiger partial charge in [-0.15, -0.1) is 0 Å². The molecule has 1 rings (SSSR count). The van der Waals surface area contributed by atoms with E-state index in [-0.39, 0.29) is 11.4 Å². The smallest absolute Gasteiger partial charge is 0.269 e. The number of ether oxygens (including phenoxy) is 1. The maximum atomic E-state index is 12.0. The van der Waals surface area contributed by atoms with E-state index in [9.17, 15) is 19.4 Å². The Hall–Kier alpha value is -1.35. The third-order valence-electron chi connectivity index (χ3n) is 2.52. The number of benzene rings is 1. The third-order valence-corrected chi connectivity index (χ3v) is 4.00. The standard InChI is InChI=1S/C12H18N2O5S/c1-19-7-6-13-8-11(15)9-20(18)12-4-2-10(3-5-12)14(16)17/h2-5,11,13,15H,6-9H2,1H3. The molecular formula is C12H18N2O5S. The van der Waals surface area contributed by atoms with Crippen molar-refractivity contribution >= 4 is 16.5 Å². The van der Waals surface area contributed by atoms with E-state index in [1.807, 2.05) is 0 Å². The lowest BCUT2D eigenvalue weighted by Crippen LogP contribution is -2.32. The summed E-state index contributed by atoms with van der Waals surface area (Å²) in [5.74, 6) is 0.0811. The molecule has 0 fully saturated rings. The van der Waals surface area contributed by atoms with Gasteiger partial charge < -0.3 is 15.2 Å². The molecule has 8 heteroatoms. The number of methoxy groups -OCH3 is 1. The van der Waals surface area contributed by atoms with Crippen LogP contribution in [-0.4, -0.2) is 52.9 Å². The number of rotatable bonds is 9. The van der Waals surface area contributed by atoms with Crippen molar-refractivity contribution < 1.29 is 19.0 Å².